The van der Waals surface area contributed by atoms with Crippen LogP contribution in [-0.4, -0.2) is 16.6 Å². The molecule has 0 saturated heterocycles. The fourth-order valence-corrected chi connectivity index (χ4v) is 1.60. The van der Waals surface area contributed by atoms with Crippen LogP contribution in [0.1, 0.15) is 23.7 Å². The van der Waals surface area contributed by atoms with Crippen molar-refractivity contribution in [2.24, 2.45) is 0 Å². The van der Waals surface area contributed by atoms with Gasteiger partial charge >= 0.3 is 0 Å². The van der Waals surface area contributed by atoms with Gasteiger partial charge in [-0.25, -0.2) is 9.37 Å². The van der Waals surface area contributed by atoms with Crippen LogP contribution in [0.4, 0.5) is 4.39 Å². The van der Waals surface area contributed by atoms with Crippen molar-refractivity contribution in [2.75, 3.05) is 0 Å². The molecule has 1 rings (SSSR count). The molecular weight excluding hydrogens is 203 g/mol. The number of hydrogen-bond donors (Lipinski definition) is 1. The van der Waals surface area contributed by atoms with Crippen LogP contribution >= 0.6 is 11.3 Å². The quantitative estimate of drug-likeness (QED) is 0.837. The van der Waals surface area contributed by atoms with E-state index >= 15 is 0 Å². The van der Waals surface area contributed by atoms with E-state index in [0.717, 1.165) is 9.88 Å². The number of hydrogen-bond acceptors (Lipinski definition) is 3. The number of aromatic nitrogens is 1. The second-order valence-corrected chi connectivity index (χ2v) is 4.82. The van der Waals surface area contributed by atoms with Crippen LogP contribution in [0.5, 0.6) is 0 Å². The first-order valence-corrected chi connectivity index (χ1v) is 5.10. The number of carbonyl (C=O) groups excluding carboxylic acids is 1. The summed E-state index contributed by atoms with van der Waals surface area (Å²) in [5.41, 5.74) is -1.82. The maximum atomic E-state index is 13.1. The molecule has 0 unspecified atom stereocenters. The topological polar surface area (TPSA) is 42.0 Å². The number of rotatable bonds is 3. The van der Waals surface area contributed by atoms with E-state index in [-0.39, 0.29) is 0 Å². The first-order chi connectivity index (χ1) is 6.39. The van der Waals surface area contributed by atoms with Crippen LogP contribution < -0.4 is 5.32 Å². The SMILES string of the molecule is Cc1ncc(CNC(=O)C(C)(C)F)s1. The van der Waals surface area contributed by atoms with Crippen molar-refractivity contribution in [3.63, 3.8) is 0 Å². The minimum absolute atomic E-state index is 0.345. The fraction of sp³-hybridized carbons (Fsp3) is 0.556. The second kappa shape index (κ2) is 4.04. The molecule has 0 aliphatic rings. The molecule has 0 bridgehead atoms. The highest BCUT2D eigenvalue weighted by Gasteiger charge is 2.25. The zero-order valence-corrected chi connectivity index (χ0v) is 9.24. The molecule has 1 aromatic heterocycles. The molecule has 0 aliphatic carbocycles. The van der Waals surface area contributed by atoms with Gasteiger partial charge in [0.25, 0.3) is 5.91 Å². The van der Waals surface area contributed by atoms with Gasteiger partial charge in [-0.05, 0) is 20.8 Å². The molecule has 3 nitrogen and oxygen atoms in total. The van der Waals surface area contributed by atoms with E-state index in [4.69, 9.17) is 0 Å². The highest BCUT2D eigenvalue weighted by molar-refractivity contribution is 7.11. The summed E-state index contributed by atoms with van der Waals surface area (Å²) in [6.07, 6.45) is 1.69. The molecule has 0 spiro atoms. The lowest BCUT2D eigenvalue weighted by molar-refractivity contribution is -0.130. The van der Waals surface area contributed by atoms with E-state index in [1.165, 1.54) is 25.2 Å². The van der Waals surface area contributed by atoms with Gasteiger partial charge in [0.1, 0.15) is 0 Å². The van der Waals surface area contributed by atoms with E-state index in [9.17, 15) is 9.18 Å². The van der Waals surface area contributed by atoms with Gasteiger partial charge in [0.15, 0.2) is 5.67 Å². The summed E-state index contributed by atoms with van der Waals surface area (Å²) in [6.45, 7) is 4.70. The average molecular weight is 216 g/mol. The molecule has 0 aliphatic heterocycles. The third-order valence-electron chi connectivity index (χ3n) is 1.63. The summed E-state index contributed by atoms with van der Waals surface area (Å²) < 4.78 is 13.1. The summed E-state index contributed by atoms with van der Waals surface area (Å²) in [5.74, 6) is -0.594. The van der Waals surface area contributed by atoms with Crippen molar-refractivity contribution >= 4 is 17.2 Å². The molecule has 0 radical (unpaired) electrons. The number of alkyl halides is 1. The summed E-state index contributed by atoms with van der Waals surface area (Å²) >= 11 is 1.49. The number of nitrogens with zero attached hydrogens (tertiary/aromatic N) is 1. The van der Waals surface area contributed by atoms with Crippen molar-refractivity contribution in [1.29, 1.82) is 0 Å². The standard InChI is InChI=1S/C9H13FN2OS/c1-6-11-4-7(14-6)5-12-8(13)9(2,3)10/h4H,5H2,1-3H3,(H,12,13). The van der Waals surface area contributed by atoms with Crippen LogP contribution in [0.15, 0.2) is 6.20 Å². The van der Waals surface area contributed by atoms with E-state index in [0.29, 0.717) is 6.54 Å². The highest BCUT2D eigenvalue weighted by atomic mass is 32.1. The van der Waals surface area contributed by atoms with Crippen molar-refractivity contribution in [3.05, 3.63) is 16.1 Å². The van der Waals surface area contributed by atoms with Gasteiger partial charge in [0.2, 0.25) is 0 Å². The van der Waals surface area contributed by atoms with Gasteiger partial charge in [-0.1, -0.05) is 0 Å². The van der Waals surface area contributed by atoms with Crippen molar-refractivity contribution in [1.82, 2.24) is 10.3 Å². The zero-order valence-electron chi connectivity index (χ0n) is 8.43. The number of aryl methyl sites for hydroxylation is 1. The normalized spacial score (nSPS) is 11.4. The van der Waals surface area contributed by atoms with Gasteiger partial charge in [-0.3, -0.25) is 4.79 Å². The van der Waals surface area contributed by atoms with Crippen molar-refractivity contribution in [3.8, 4) is 0 Å². The Bertz CT molecular complexity index is 330. The molecule has 1 heterocycles. The van der Waals surface area contributed by atoms with Crippen LogP contribution in [0.3, 0.4) is 0 Å². The molecule has 0 fully saturated rings. The number of nitrogens with one attached hydrogen (secondary N) is 1. The second-order valence-electron chi connectivity index (χ2n) is 3.50. The molecule has 1 aromatic rings. The number of carbonyl (C=O) groups is 1. The lowest BCUT2D eigenvalue weighted by Gasteiger charge is -2.12. The first kappa shape index (κ1) is 11.1. The Morgan fingerprint density at radius 3 is 2.79 bits per heavy atom. The maximum Gasteiger partial charge on any atom is 0.257 e. The molecular formula is C9H13FN2OS. The van der Waals surface area contributed by atoms with Crippen molar-refractivity contribution < 1.29 is 9.18 Å². The van der Waals surface area contributed by atoms with Crippen LogP contribution in [0, 0.1) is 6.92 Å². The third-order valence-corrected chi connectivity index (χ3v) is 2.55. The van der Waals surface area contributed by atoms with E-state index in [2.05, 4.69) is 10.3 Å². The number of halogens is 1. The number of thiazole rings is 1. The van der Waals surface area contributed by atoms with E-state index in [1.54, 1.807) is 6.20 Å². The molecule has 1 amide bonds. The lowest BCUT2D eigenvalue weighted by atomic mass is 10.1. The molecule has 0 saturated carbocycles. The molecule has 0 aromatic carbocycles. The minimum Gasteiger partial charge on any atom is -0.348 e. The Morgan fingerprint density at radius 1 is 1.71 bits per heavy atom. The largest absolute Gasteiger partial charge is 0.348 e. The van der Waals surface area contributed by atoms with E-state index in [1.807, 2.05) is 6.92 Å². The Hall–Kier alpha value is -0.970. The lowest BCUT2D eigenvalue weighted by Crippen LogP contribution is -2.38. The summed E-state index contributed by atoms with van der Waals surface area (Å²) in [4.78, 5) is 16.1. The van der Waals surface area contributed by atoms with Gasteiger partial charge in [-0.15, -0.1) is 11.3 Å². The molecule has 78 valence electrons. The van der Waals surface area contributed by atoms with Crippen LogP contribution in [-0.2, 0) is 11.3 Å². The van der Waals surface area contributed by atoms with Gasteiger partial charge < -0.3 is 5.32 Å². The molecule has 14 heavy (non-hydrogen) atoms. The fourth-order valence-electron chi connectivity index (χ4n) is 0.865. The molecule has 0 atom stereocenters. The monoisotopic (exact) mass is 216 g/mol. The van der Waals surface area contributed by atoms with Gasteiger partial charge in [-0.2, -0.15) is 0 Å². The third kappa shape index (κ3) is 3.06. The van der Waals surface area contributed by atoms with Crippen LogP contribution in [0.25, 0.3) is 0 Å². The summed E-state index contributed by atoms with van der Waals surface area (Å²) in [6, 6.07) is 0. The predicted octanol–water partition coefficient (Wildman–Crippen LogP) is 1.82. The molecule has 5 heteroatoms. The molecule has 1 N–H and O–H groups in total. The summed E-state index contributed by atoms with van der Waals surface area (Å²) in [5, 5.41) is 3.45. The summed E-state index contributed by atoms with van der Waals surface area (Å²) in [7, 11) is 0. The Labute approximate surface area is 86.4 Å². The van der Waals surface area contributed by atoms with Gasteiger partial charge in [0.05, 0.1) is 11.6 Å². The average Bonchev–Trinajstić information content (AvgIpc) is 2.45. The van der Waals surface area contributed by atoms with E-state index < -0.39 is 11.6 Å². The Morgan fingerprint density at radius 2 is 2.36 bits per heavy atom. The Kier molecular flexibility index (Phi) is 3.21. The van der Waals surface area contributed by atoms with Crippen LogP contribution in [0.2, 0.25) is 0 Å². The minimum atomic E-state index is -1.82. The van der Waals surface area contributed by atoms with Gasteiger partial charge in [0, 0.05) is 11.1 Å². The maximum absolute atomic E-state index is 13.1. The first-order valence-electron chi connectivity index (χ1n) is 4.28. The smallest absolute Gasteiger partial charge is 0.257 e. The Balaban J connectivity index is 2.46. The highest BCUT2D eigenvalue weighted by Crippen LogP contribution is 2.12. The van der Waals surface area contributed by atoms with Crippen molar-refractivity contribution in [2.45, 2.75) is 33.0 Å². The number of amides is 1. The predicted molar refractivity (Wildman–Crippen MR) is 53.9 cm³/mol. The zero-order chi connectivity index (χ0) is 10.8.